The summed E-state index contributed by atoms with van der Waals surface area (Å²) in [6.07, 6.45) is 7.64. The van der Waals surface area contributed by atoms with Crippen LogP contribution < -0.4 is 0 Å². The van der Waals surface area contributed by atoms with E-state index < -0.39 is 0 Å². The average molecular weight is 407 g/mol. The van der Waals surface area contributed by atoms with E-state index in [9.17, 15) is 4.79 Å². The van der Waals surface area contributed by atoms with Gasteiger partial charge in [0.2, 0.25) is 5.91 Å². The highest BCUT2D eigenvalue weighted by molar-refractivity contribution is 6.42. The van der Waals surface area contributed by atoms with Gasteiger partial charge in [-0.25, -0.2) is 0 Å². The lowest BCUT2D eigenvalue weighted by molar-refractivity contribution is -0.140. The summed E-state index contributed by atoms with van der Waals surface area (Å²) in [6, 6.07) is 11.1. The van der Waals surface area contributed by atoms with Gasteiger partial charge in [0.25, 0.3) is 0 Å². The number of ether oxygens (including phenoxy) is 1. The van der Waals surface area contributed by atoms with Crippen LogP contribution in [0.15, 0.2) is 42.6 Å². The van der Waals surface area contributed by atoms with Gasteiger partial charge in [-0.05, 0) is 42.7 Å². The number of carbonyl (C=O) groups is 1. The zero-order valence-electron chi connectivity index (χ0n) is 15.2. The molecule has 1 aliphatic carbocycles. The number of amides is 1. The molecule has 0 bridgehead atoms. The zero-order chi connectivity index (χ0) is 19.1. The first-order valence-electron chi connectivity index (χ1n) is 9.35. The molecule has 6 heteroatoms. The number of pyridine rings is 1. The Balaban J connectivity index is 1.67. The molecule has 1 aliphatic rings. The van der Waals surface area contributed by atoms with Gasteiger partial charge in [-0.15, -0.1) is 0 Å². The molecule has 1 saturated carbocycles. The number of rotatable bonds is 7. The number of hydrogen-bond donors (Lipinski definition) is 0. The molecule has 1 amide bonds. The third-order valence-electron chi connectivity index (χ3n) is 4.78. The second-order valence-corrected chi connectivity index (χ2v) is 7.70. The SMILES string of the molecule is O=C(COC1CCCCC1)N(Cc1ccc(Cl)c(Cl)c1)Cc1ccccn1. The number of carbonyl (C=O) groups excluding carboxylic acids is 1. The van der Waals surface area contributed by atoms with E-state index in [1.807, 2.05) is 24.3 Å². The van der Waals surface area contributed by atoms with Gasteiger partial charge >= 0.3 is 0 Å². The summed E-state index contributed by atoms with van der Waals surface area (Å²) in [7, 11) is 0. The quantitative estimate of drug-likeness (QED) is 0.628. The van der Waals surface area contributed by atoms with Crippen molar-refractivity contribution in [2.45, 2.75) is 51.3 Å². The fourth-order valence-electron chi connectivity index (χ4n) is 3.29. The highest BCUT2D eigenvalue weighted by Gasteiger charge is 2.20. The highest BCUT2D eigenvalue weighted by atomic mass is 35.5. The molecule has 0 spiro atoms. The molecule has 0 radical (unpaired) electrons. The van der Waals surface area contributed by atoms with Crippen molar-refractivity contribution < 1.29 is 9.53 Å². The predicted octanol–water partition coefficient (Wildman–Crippen LogP) is 5.27. The van der Waals surface area contributed by atoms with E-state index in [-0.39, 0.29) is 18.6 Å². The highest BCUT2D eigenvalue weighted by Crippen LogP contribution is 2.24. The second kappa shape index (κ2) is 10.1. The summed E-state index contributed by atoms with van der Waals surface area (Å²) in [5.41, 5.74) is 1.76. The Morgan fingerprint density at radius 2 is 1.89 bits per heavy atom. The van der Waals surface area contributed by atoms with Gasteiger partial charge in [0.1, 0.15) is 6.61 Å². The van der Waals surface area contributed by atoms with E-state index in [4.69, 9.17) is 27.9 Å². The number of benzene rings is 1. The van der Waals surface area contributed by atoms with Gasteiger partial charge in [-0.1, -0.05) is 54.6 Å². The lowest BCUT2D eigenvalue weighted by Crippen LogP contribution is -2.35. The van der Waals surface area contributed by atoms with Gasteiger partial charge in [0, 0.05) is 12.7 Å². The van der Waals surface area contributed by atoms with Gasteiger partial charge in [0.05, 0.1) is 28.4 Å². The summed E-state index contributed by atoms with van der Waals surface area (Å²) < 4.78 is 5.89. The molecule has 0 saturated heterocycles. The zero-order valence-corrected chi connectivity index (χ0v) is 16.8. The van der Waals surface area contributed by atoms with Crippen LogP contribution in [0.25, 0.3) is 0 Å². The lowest BCUT2D eigenvalue weighted by Gasteiger charge is -2.26. The van der Waals surface area contributed by atoms with Crippen LogP contribution in [-0.2, 0) is 22.6 Å². The minimum Gasteiger partial charge on any atom is -0.368 e. The van der Waals surface area contributed by atoms with Gasteiger partial charge in [-0.3, -0.25) is 9.78 Å². The Morgan fingerprint density at radius 1 is 1.07 bits per heavy atom. The Bertz CT molecular complexity index is 749. The molecule has 0 atom stereocenters. The summed E-state index contributed by atoms with van der Waals surface area (Å²) in [5, 5.41) is 0.988. The van der Waals surface area contributed by atoms with E-state index in [0.717, 1.165) is 24.1 Å². The van der Waals surface area contributed by atoms with Gasteiger partial charge in [0.15, 0.2) is 0 Å². The van der Waals surface area contributed by atoms with E-state index in [2.05, 4.69) is 4.98 Å². The maximum atomic E-state index is 12.9. The Morgan fingerprint density at radius 3 is 2.59 bits per heavy atom. The topological polar surface area (TPSA) is 42.4 Å². The average Bonchev–Trinajstić information content (AvgIpc) is 2.70. The third kappa shape index (κ3) is 6.20. The standard InChI is InChI=1S/C21H24Cl2N2O2/c22-19-10-9-16(12-20(19)23)13-25(14-17-6-4-5-11-24-17)21(26)15-27-18-7-2-1-3-8-18/h4-6,9-12,18H,1-3,7-8,13-15H2. The lowest BCUT2D eigenvalue weighted by atomic mass is 9.98. The van der Waals surface area contributed by atoms with Crippen LogP contribution in [0, 0.1) is 0 Å². The first kappa shape index (κ1) is 20.1. The van der Waals surface area contributed by atoms with Crippen LogP contribution >= 0.6 is 23.2 Å². The summed E-state index contributed by atoms with van der Waals surface area (Å²) in [4.78, 5) is 19.0. The number of nitrogens with zero attached hydrogens (tertiary/aromatic N) is 2. The van der Waals surface area contributed by atoms with E-state index in [0.29, 0.717) is 23.1 Å². The second-order valence-electron chi connectivity index (χ2n) is 6.89. The first-order valence-corrected chi connectivity index (χ1v) is 10.1. The molecular weight excluding hydrogens is 383 g/mol. The van der Waals surface area contributed by atoms with Crippen molar-refractivity contribution in [3.05, 3.63) is 63.9 Å². The van der Waals surface area contributed by atoms with Crippen LogP contribution in [0.4, 0.5) is 0 Å². The maximum absolute atomic E-state index is 12.9. The van der Waals surface area contributed by atoms with E-state index in [1.54, 1.807) is 23.2 Å². The fourth-order valence-corrected chi connectivity index (χ4v) is 3.61. The summed E-state index contributed by atoms with van der Waals surface area (Å²) in [5.74, 6) is -0.0442. The molecule has 0 unspecified atom stereocenters. The summed E-state index contributed by atoms with van der Waals surface area (Å²) >= 11 is 12.1. The molecule has 0 N–H and O–H groups in total. The smallest absolute Gasteiger partial charge is 0.249 e. The number of aromatic nitrogens is 1. The molecule has 0 aliphatic heterocycles. The van der Waals surface area contributed by atoms with Crippen LogP contribution in [-0.4, -0.2) is 28.5 Å². The predicted molar refractivity (Wildman–Crippen MR) is 108 cm³/mol. The molecule has 1 heterocycles. The fraction of sp³-hybridized carbons (Fsp3) is 0.429. The molecule has 2 aromatic rings. The molecule has 144 valence electrons. The van der Waals surface area contributed by atoms with Crippen molar-refractivity contribution >= 4 is 29.1 Å². The van der Waals surface area contributed by atoms with E-state index in [1.165, 1.54) is 19.3 Å². The van der Waals surface area contributed by atoms with E-state index >= 15 is 0 Å². The molecule has 1 aromatic carbocycles. The number of hydrogen-bond acceptors (Lipinski definition) is 3. The van der Waals surface area contributed by atoms with Crippen molar-refractivity contribution in [1.82, 2.24) is 9.88 Å². The minimum atomic E-state index is -0.0442. The van der Waals surface area contributed by atoms with Crippen molar-refractivity contribution in [2.75, 3.05) is 6.61 Å². The number of halogens is 2. The summed E-state index contributed by atoms with van der Waals surface area (Å²) in [6.45, 7) is 0.951. The van der Waals surface area contributed by atoms with Crippen LogP contribution in [0.3, 0.4) is 0 Å². The largest absolute Gasteiger partial charge is 0.368 e. The van der Waals surface area contributed by atoms with Crippen LogP contribution in [0.1, 0.15) is 43.4 Å². The molecule has 3 rings (SSSR count). The van der Waals surface area contributed by atoms with Gasteiger partial charge < -0.3 is 9.64 Å². The monoisotopic (exact) mass is 406 g/mol. The molecule has 1 aromatic heterocycles. The first-order chi connectivity index (χ1) is 13.1. The molecule has 27 heavy (non-hydrogen) atoms. The van der Waals surface area contributed by atoms with Gasteiger partial charge in [-0.2, -0.15) is 0 Å². The molecular formula is C21H24Cl2N2O2. The van der Waals surface area contributed by atoms with Crippen molar-refractivity contribution in [1.29, 1.82) is 0 Å². The van der Waals surface area contributed by atoms with Crippen molar-refractivity contribution in [3.8, 4) is 0 Å². The van der Waals surface area contributed by atoms with Crippen molar-refractivity contribution in [2.24, 2.45) is 0 Å². The van der Waals surface area contributed by atoms with Crippen LogP contribution in [0.5, 0.6) is 0 Å². The normalized spacial score (nSPS) is 14.9. The minimum absolute atomic E-state index is 0.0442. The Labute approximate surface area is 170 Å². The Hall–Kier alpha value is -1.62. The maximum Gasteiger partial charge on any atom is 0.249 e. The third-order valence-corrected chi connectivity index (χ3v) is 5.52. The van der Waals surface area contributed by atoms with Crippen molar-refractivity contribution in [3.63, 3.8) is 0 Å². The molecule has 1 fully saturated rings. The molecule has 4 nitrogen and oxygen atoms in total. The Kier molecular flexibility index (Phi) is 7.50. The van der Waals surface area contributed by atoms with Crippen LogP contribution in [0.2, 0.25) is 10.0 Å².